The van der Waals surface area contributed by atoms with Gasteiger partial charge in [-0.1, -0.05) is 19.1 Å². The standard InChI is InChI=1S/C12H16FNS/c1-8-6-15-7-10-9(12(8)14-2)4-3-5-11(10)13/h3-5,8,12,14H,6-7H2,1-2H3. The summed E-state index contributed by atoms with van der Waals surface area (Å²) in [6, 6.07) is 5.69. The van der Waals surface area contributed by atoms with Gasteiger partial charge in [-0.25, -0.2) is 4.39 Å². The Labute approximate surface area is 94.5 Å². The van der Waals surface area contributed by atoms with Crippen molar-refractivity contribution < 1.29 is 4.39 Å². The Balaban J connectivity index is 2.47. The molecular weight excluding hydrogens is 209 g/mol. The van der Waals surface area contributed by atoms with Crippen molar-refractivity contribution in [1.29, 1.82) is 0 Å². The number of halogens is 1. The van der Waals surface area contributed by atoms with Gasteiger partial charge in [0.25, 0.3) is 0 Å². The maximum atomic E-state index is 13.6. The Morgan fingerprint density at radius 1 is 1.47 bits per heavy atom. The Bertz CT molecular complexity index is 353. The molecule has 0 bridgehead atoms. The summed E-state index contributed by atoms with van der Waals surface area (Å²) in [5.41, 5.74) is 2.02. The molecule has 1 aromatic carbocycles. The van der Waals surface area contributed by atoms with Crippen molar-refractivity contribution in [3.05, 3.63) is 35.1 Å². The molecule has 2 unspecified atom stereocenters. The Hall–Kier alpha value is -0.540. The molecule has 0 amide bonds. The van der Waals surface area contributed by atoms with Gasteiger partial charge < -0.3 is 5.32 Å². The molecule has 1 aliphatic heterocycles. The molecule has 1 nitrogen and oxygen atoms in total. The summed E-state index contributed by atoms with van der Waals surface area (Å²) in [5, 5.41) is 3.30. The molecule has 0 aliphatic carbocycles. The summed E-state index contributed by atoms with van der Waals surface area (Å²) >= 11 is 1.82. The lowest BCUT2D eigenvalue weighted by Crippen LogP contribution is -2.24. The third kappa shape index (κ3) is 2.04. The van der Waals surface area contributed by atoms with E-state index in [0.717, 1.165) is 22.6 Å². The van der Waals surface area contributed by atoms with E-state index >= 15 is 0 Å². The van der Waals surface area contributed by atoms with Crippen molar-refractivity contribution in [3.8, 4) is 0 Å². The van der Waals surface area contributed by atoms with Crippen molar-refractivity contribution in [2.45, 2.75) is 18.7 Å². The molecule has 0 saturated heterocycles. The lowest BCUT2D eigenvalue weighted by Gasteiger charge is -2.22. The molecule has 1 heterocycles. The van der Waals surface area contributed by atoms with Crippen LogP contribution in [0.15, 0.2) is 18.2 Å². The van der Waals surface area contributed by atoms with Crippen LogP contribution in [0.3, 0.4) is 0 Å². The monoisotopic (exact) mass is 225 g/mol. The average Bonchev–Trinajstić information content (AvgIpc) is 2.38. The molecule has 1 N–H and O–H groups in total. The van der Waals surface area contributed by atoms with E-state index in [1.165, 1.54) is 0 Å². The number of hydrogen-bond donors (Lipinski definition) is 1. The van der Waals surface area contributed by atoms with Gasteiger partial charge >= 0.3 is 0 Å². The van der Waals surface area contributed by atoms with Gasteiger partial charge in [0.15, 0.2) is 0 Å². The van der Waals surface area contributed by atoms with Crippen LogP contribution in [-0.4, -0.2) is 12.8 Å². The molecule has 82 valence electrons. The second-order valence-corrected chi connectivity index (χ2v) is 5.10. The quantitative estimate of drug-likeness (QED) is 0.788. The van der Waals surface area contributed by atoms with Gasteiger partial charge in [-0.2, -0.15) is 11.8 Å². The molecule has 3 heteroatoms. The minimum absolute atomic E-state index is 0.0608. The van der Waals surface area contributed by atoms with E-state index in [-0.39, 0.29) is 11.9 Å². The predicted octanol–water partition coefficient (Wildman–Crippen LogP) is 2.97. The summed E-state index contributed by atoms with van der Waals surface area (Å²) in [6.45, 7) is 2.22. The zero-order valence-corrected chi connectivity index (χ0v) is 9.90. The zero-order valence-electron chi connectivity index (χ0n) is 9.09. The van der Waals surface area contributed by atoms with Crippen LogP contribution >= 0.6 is 11.8 Å². The number of nitrogens with one attached hydrogen (secondary N) is 1. The molecule has 1 aliphatic rings. The third-order valence-electron chi connectivity index (χ3n) is 3.00. The van der Waals surface area contributed by atoms with E-state index in [9.17, 15) is 4.39 Å². The highest BCUT2D eigenvalue weighted by Crippen LogP contribution is 2.34. The Kier molecular flexibility index (Phi) is 3.32. The van der Waals surface area contributed by atoms with Crippen LogP contribution in [0.5, 0.6) is 0 Å². The van der Waals surface area contributed by atoms with Crippen LogP contribution in [0.1, 0.15) is 24.1 Å². The second-order valence-electron chi connectivity index (χ2n) is 4.07. The minimum Gasteiger partial charge on any atom is -0.313 e. The Morgan fingerprint density at radius 2 is 2.27 bits per heavy atom. The second kappa shape index (κ2) is 4.54. The molecule has 2 rings (SSSR count). The van der Waals surface area contributed by atoms with Gasteiger partial charge in [0, 0.05) is 17.4 Å². The van der Waals surface area contributed by atoms with E-state index in [4.69, 9.17) is 0 Å². The molecule has 15 heavy (non-hydrogen) atoms. The van der Waals surface area contributed by atoms with Crippen molar-refractivity contribution in [3.63, 3.8) is 0 Å². The fraction of sp³-hybridized carbons (Fsp3) is 0.500. The lowest BCUT2D eigenvalue weighted by molar-refractivity contribution is 0.447. The van der Waals surface area contributed by atoms with Crippen molar-refractivity contribution in [2.24, 2.45) is 5.92 Å². The van der Waals surface area contributed by atoms with Crippen LogP contribution in [0.4, 0.5) is 4.39 Å². The fourth-order valence-electron chi connectivity index (χ4n) is 2.21. The molecule has 2 atom stereocenters. The van der Waals surface area contributed by atoms with E-state index in [1.807, 2.05) is 24.9 Å². The van der Waals surface area contributed by atoms with Gasteiger partial charge in [0.05, 0.1) is 0 Å². The Morgan fingerprint density at radius 3 is 3.00 bits per heavy atom. The van der Waals surface area contributed by atoms with Gasteiger partial charge in [0.1, 0.15) is 5.82 Å². The van der Waals surface area contributed by atoms with E-state index in [2.05, 4.69) is 12.2 Å². The molecule has 1 aromatic rings. The van der Waals surface area contributed by atoms with Crippen LogP contribution in [0.25, 0.3) is 0 Å². The maximum Gasteiger partial charge on any atom is 0.127 e. The zero-order chi connectivity index (χ0) is 10.8. The highest BCUT2D eigenvalue weighted by molar-refractivity contribution is 7.98. The summed E-state index contributed by atoms with van der Waals surface area (Å²) in [4.78, 5) is 0. The smallest absolute Gasteiger partial charge is 0.127 e. The lowest BCUT2D eigenvalue weighted by atomic mass is 9.92. The number of fused-ring (bicyclic) bond motifs is 1. The fourth-order valence-corrected chi connectivity index (χ4v) is 3.40. The highest BCUT2D eigenvalue weighted by atomic mass is 32.2. The van der Waals surface area contributed by atoms with Crippen LogP contribution in [0.2, 0.25) is 0 Å². The first kappa shape index (κ1) is 11.0. The molecule has 0 saturated carbocycles. The van der Waals surface area contributed by atoms with Crippen molar-refractivity contribution >= 4 is 11.8 Å². The average molecular weight is 225 g/mol. The summed E-state index contributed by atoms with van der Waals surface area (Å²) in [7, 11) is 1.95. The number of benzene rings is 1. The van der Waals surface area contributed by atoms with Crippen molar-refractivity contribution in [1.82, 2.24) is 5.32 Å². The van der Waals surface area contributed by atoms with E-state index in [1.54, 1.807) is 12.1 Å². The molecule has 0 aromatic heterocycles. The van der Waals surface area contributed by atoms with Crippen LogP contribution in [-0.2, 0) is 5.75 Å². The first-order valence-corrected chi connectivity index (χ1v) is 6.41. The third-order valence-corrected chi connectivity index (χ3v) is 4.25. The summed E-state index contributed by atoms with van der Waals surface area (Å²) in [6.07, 6.45) is 0. The van der Waals surface area contributed by atoms with Gasteiger partial charge in [-0.05, 0) is 30.3 Å². The summed E-state index contributed by atoms with van der Waals surface area (Å²) in [5.74, 6) is 2.36. The van der Waals surface area contributed by atoms with Crippen LogP contribution < -0.4 is 5.32 Å². The minimum atomic E-state index is -0.0608. The molecule has 0 radical (unpaired) electrons. The van der Waals surface area contributed by atoms with E-state index < -0.39 is 0 Å². The molecule has 0 fully saturated rings. The SMILES string of the molecule is CNC1c2cccc(F)c2CSCC1C. The summed E-state index contributed by atoms with van der Waals surface area (Å²) < 4.78 is 13.6. The number of thioether (sulfide) groups is 1. The van der Waals surface area contributed by atoms with Crippen LogP contribution in [0, 0.1) is 11.7 Å². The predicted molar refractivity (Wildman–Crippen MR) is 63.5 cm³/mol. The first-order chi connectivity index (χ1) is 7.24. The number of hydrogen-bond acceptors (Lipinski definition) is 2. The maximum absolute atomic E-state index is 13.6. The van der Waals surface area contributed by atoms with Crippen molar-refractivity contribution in [2.75, 3.05) is 12.8 Å². The van der Waals surface area contributed by atoms with Gasteiger partial charge in [0.2, 0.25) is 0 Å². The van der Waals surface area contributed by atoms with Gasteiger partial charge in [-0.3, -0.25) is 0 Å². The highest BCUT2D eigenvalue weighted by Gasteiger charge is 2.25. The first-order valence-electron chi connectivity index (χ1n) is 5.26. The topological polar surface area (TPSA) is 12.0 Å². The van der Waals surface area contributed by atoms with E-state index in [0.29, 0.717) is 5.92 Å². The van der Waals surface area contributed by atoms with Gasteiger partial charge in [-0.15, -0.1) is 0 Å². The largest absolute Gasteiger partial charge is 0.313 e. The molecular formula is C12H16FNS. The normalized spacial score (nSPS) is 25.8. The molecule has 0 spiro atoms. The number of rotatable bonds is 1.